The van der Waals surface area contributed by atoms with Crippen molar-refractivity contribution in [3.8, 4) is 0 Å². The molecule has 0 amide bonds. The molecule has 110 valence electrons. The monoisotopic (exact) mass is 272 g/mol. The minimum absolute atomic E-state index is 0.419. The second kappa shape index (κ2) is 5.87. The van der Waals surface area contributed by atoms with Crippen molar-refractivity contribution in [1.29, 1.82) is 0 Å². The van der Waals surface area contributed by atoms with E-state index in [1.807, 2.05) is 0 Å². The van der Waals surface area contributed by atoms with Crippen LogP contribution in [0.1, 0.15) is 54.8 Å². The Kier molecular flexibility index (Phi) is 4.13. The van der Waals surface area contributed by atoms with Gasteiger partial charge in [0.1, 0.15) is 0 Å². The van der Waals surface area contributed by atoms with E-state index in [4.69, 9.17) is 5.73 Å². The Labute approximate surface area is 123 Å². The molecule has 2 heteroatoms. The fraction of sp³-hybridized carbons (Fsp3) is 0.667. The van der Waals surface area contributed by atoms with E-state index in [2.05, 4.69) is 36.9 Å². The molecule has 0 aromatic heterocycles. The van der Waals surface area contributed by atoms with E-state index in [0.29, 0.717) is 6.04 Å². The highest BCUT2D eigenvalue weighted by atomic mass is 15.2. The van der Waals surface area contributed by atoms with E-state index in [-0.39, 0.29) is 0 Å². The van der Waals surface area contributed by atoms with E-state index in [0.717, 1.165) is 18.5 Å². The number of rotatable bonds is 3. The number of hydrogen-bond donors (Lipinski definition) is 1. The molecule has 1 aliphatic heterocycles. The van der Waals surface area contributed by atoms with Crippen molar-refractivity contribution >= 4 is 0 Å². The number of likely N-dealkylation sites (tertiary alicyclic amines) is 1. The number of aryl methyl sites for hydroxylation is 2. The lowest BCUT2D eigenvalue weighted by atomic mass is 9.84. The zero-order valence-electron chi connectivity index (χ0n) is 12.9. The Hall–Kier alpha value is -0.860. The summed E-state index contributed by atoms with van der Waals surface area (Å²) in [4.78, 5) is 2.73. The van der Waals surface area contributed by atoms with Crippen molar-refractivity contribution in [2.45, 2.75) is 58.0 Å². The van der Waals surface area contributed by atoms with Gasteiger partial charge in [0, 0.05) is 18.6 Å². The standard InChI is InChI=1S/C18H28N2/c1-13-7-8-14(2)16(11-13)18(12-19)20-10-9-15-5-3-4-6-17(15)20/h7-8,11,15,17-18H,3-6,9-10,12,19H2,1-2H3. The van der Waals surface area contributed by atoms with Crippen molar-refractivity contribution in [2.75, 3.05) is 13.1 Å². The Bertz CT molecular complexity index is 468. The summed E-state index contributed by atoms with van der Waals surface area (Å²) in [5.74, 6) is 0.933. The summed E-state index contributed by atoms with van der Waals surface area (Å²) in [5, 5.41) is 0. The van der Waals surface area contributed by atoms with Gasteiger partial charge in [0.2, 0.25) is 0 Å². The van der Waals surface area contributed by atoms with Crippen LogP contribution in [0.4, 0.5) is 0 Å². The quantitative estimate of drug-likeness (QED) is 0.911. The van der Waals surface area contributed by atoms with Crippen LogP contribution in [0.2, 0.25) is 0 Å². The maximum Gasteiger partial charge on any atom is 0.0476 e. The molecule has 1 aromatic carbocycles. The van der Waals surface area contributed by atoms with Gasteiger partial charge in [-0.25, -0.2) is 0 Å². The van der Waals surface area contributed by atoms with Crippen molar-refractivity contribution in [3.05, 3.63) is 34.9 Å². The molecular weight excluding hydrogens is 244 g/mol. The fourth-order valence-corrected chi connectivity index (χ4v) is 4.39. The van der Waals surface area contributed by atoms with Gasteiger partial charge in [0.15, 0.2) is 0 Å². The zero-order chi connectivity index (χ0) is 14.1. The van der Waals surface area contributed by atoms with Crippen molar-refractivity contribution < 1.29 is 0 Å². The second-order valence-corrected chi connectivity index (χ2v) is 6.75. The smallest absolute Gasteiger partial charge is 0.0476 e. The molecule has 2 aliphatic rings. The lowest BCUT2D eigenvalue weighted by Crippen LogP contribution is -2.40. The number of fused-ring (bicyclic) bond motifs is 1. The summed E-state index contributed by atoms with van der Waals surface area (Å²) in [7, 11) is 0. The first-order valence-corrected chi connectivity index (χ1v) is 8.23. The molecule has 1 aliphatic carbocycles. The van der Waals surface area contributed by atoms with Crippen LogP contribution < -0.4 is 5.73 Å². The normalized spacial score (nSPS) is 28.4. The third-order valence-electron chi connectivity index (χ3n) is 5.47. The van der Waals surface area contributed by atoms with E-state index in [1.54, 1.807) is 0 Å². The van der Waals surface area contributed by atoms with Gasteiger partial charge >= 0.3 is 0 Å². The topological polar surface area (TPSA) is 29.3 Å². The number of nitrogens with zero attached hydrogens (tertiary/aromatic N) is 1. The first-order valence-electron chi connectivity index (χ1n) is 8.23. The van der Waals surface area contributed by atoms with Gasteiger partial charge in [-0.05, 0) is 56.7 Å². The Morgan fingerprint density at radius 1 is 1.20 bits per heavy atom. The van der Waals surface area contributed by atoms with Gasteiger partial charge in [-0.3, -0.25) is 4.90 Å². The molecule has 3 unspecified atom stereocenters. The van der Waals surface area contributed by atoms with Gasteiger partial charge in [0.05, 0.1) is 0 Å². The average Bonchev–Trinajstić information content (AvgIpc) is 2.88. The molecule has 1 aromatic rings. The summed E-state index contributed by atoms with van der Waals surface area (Å²) in [6.07, 6.45) is 7.04. The zero-order valence-corrected chi connectivity index (χ0v) is 12.9. The highest BCUT2D eigenvalue weighted by Gasteiger charge is 2.39. The number of hydrogen-bond acceptors (Lipinski definition) is 2. The second-order valence-electron chi connectivity index (χ2n) is 6.75. The van der Waals surface area contributed by atoms with Gasteiger partial charge < -0.3 is 5.73 Å². The van der Waals surface area contributed by atoms with Crippen LogP contribution in [-0.2, 0) is 0 Å². The Morgan fingerprint density at radius 3 is 2.80 bits per heavy atom. The molecule has 20 heavy (non-hydrogen) atoms. The van der Waals surface area contributed by atoms with E-state index >= 15 is 0 Å². The molecule has 0 radical (unpaired) electrons. The molecule has 0 bridgehead atoms. The summed E-state index contributed by atoms with van der Waals surface area (Å²) in [5.41, 5.74) is 10.4. The van der Waals surface area contributed by atoms with Crippen molar-refractivity contribution in [1.82, 2.24) is 4.90 Å². The number of nitrogens with two attached hydrogens (primary N) is 1. The highest BCUT2D eigenvalue weighted by Crippen LogP contribution is 2.40. The third kappa shape index (κ3) is 2.51. The van der Waals surface area contributed by atoms with Crippen LogP contribution in [0.3, 0.4) is 0 Å². The maximum absolute atomic E-state index is 6.18. The largest absolute Gasteiger partial charge is 0.329 e. The van der Waals surface area contributed by atoms with Gasteiger partial charge in [-0.15, -0.1) is 0 Å². The van der Waals surface area contributed by atoms with Crippen molar-refractivity contribution in [3.63, 3.8) is 0 Å². The van der Waals surface area contributed by atoms with Crippen LogP contribution in [0.15, 0.2) is 18.2 Å². The molecule has 1 heterocycles. The lowest BCUT2D eigenvalue weighted by Gasteiger charge is -2.37. The van der Waals surface area contributed by atoms with E-state index in [9.17, 15) is 0 Å². The molecule has 3 atom stereocenters. The van der Waals surface area contributed by atoms with E-state index < -0.39 is 0 Å². The highest BCUT2D eigenvalue weighted by molar-refractivity contribution is 5.33. The summed E-state index contributed by atoms with van der Waals surface area (Å²) < 4.78 is 0. The first kappa shape index (κ1) is 14.1. The SMILES string of the molecule is Cc1ccc(C)c(C(CN)N2CCC3CCCCC32)c1. The summed E-state index contributed by atoms with van der Waals surface area (Å²) in [6, 6.07) is 8.02. The summed E-state index contributed by atoms with van der Waals surface area (Å²) >= 11 is 0. The predicted octanol–water partition coefficient (Wildman–Crippen LogP) is 3.57. The minimum Gasteiger partial charge on any atom is -0.329 e. The first-order chi connectivity index (χ1) is 9.70. The van der Waals surface area contributed by atoms with Crippen LogP contribution in [0, 0.1) is 19.8 Å². The molecule has 0 spiro atoms. The van der Waals surface area contributed by atoms with E-state index in [1.165, 1.54) is 55.3 Å². The molecule has 2 fully saturated rings. The van der Waals surface area contributed by atoms with Crippen LogP contribution in [0.25, 0.3) is 0 Å². The molecule has 2 N–H and O–H groups in total. The predicted molar refractivity (Wildman–Crippen MR) is 84.8 cm³/mol. The molecule has 1 saturated heterocycles. The fourth-order valence-electron chi connectivity index (χ4n) is 4.39. The van der Waals surface area contributed by atoms with Crippen molar-refractivity contribution in [2.24, 2.45) is 11.7 Å². The van der Waals surface area contributed by atoms with Crippen LogP contribution >= 0.6 is 0 Å². The van der Waals surface area contributed by atoms with Crippen LogP contribution in [-0.4, -0.2) is 24.0 Å². The average molecular weight is 272 g/mol. The van der Waals surface area contributed by atoms with Gasteiger partial charge in [-0.2, -0.15) is 0 Å². The Morgan fingerprint density at radius 2 is 2.00 bits per heavy atom. The molecule has 3 rings (SSSR count). The van der Waals surface area contributed by atoms with Gasteiger partial charge in [-0.1, -0.05) is 36.6 Å². The maximum atomic E-state index is 6.18. The number of benzene rings is 1. The summed E-state index contributed by atoms with van der Waals surface area (Å²) in [6.45, 7) is 6.40. The molecular formula is C18H28N2. The minimum atomic E-state index is 0.419. The molecule has 2 nitrogen and oxygen atoms in total. The van der Waals surface area contributed by atoms with Crippen LogP contribution in [0.5, 0.6) is 0 Å². The third-order valence-corrected chi connectivity index (χ3v) is 5.47. The lowest BCUT2D eigenvalue weighted by molar-refractivity contribution is 0.135. The molecule has 1 saturated carbocycles. The Balaban J connectivity index is 1.88. The van der Waals surface area contributed by atoms with Gasteiger partial charge in [0.25, 0.3) is 0 Å².